The summed E-state index contributed by atoms with van der Waals surface area (Å²) in [6, 6.07) is 5.27. The van der Waals surface area contributed by atoms with Gasteiger partial charge in [0.1, 0.15) is 11.6 Å². The second kappa shape index (κ2) is 4.01. The van der Waals surface area contributed by atoms with E-state index < -0.39 is 0 Å². The lowest BCUT2D eigenvalue weighted by Gasteiger charge is -2.07. The minimum absolute atomic E-state index is 0.0566. The second-order valence-corrected chi connectivity index (χ2v) is 3.95. The van der Waals surface area contributed by atoms with Crippen molar-refractivity contribution < 1.29 is 4.79 Å². The number of aromatic nitrogens is 3. The molecule has 0 unspecified atom stereocenters. The second-order valence-electron chi connectivity index (χ2n) is 3.95. The van der Waals surface area contributed by atoms with Gasteiger partial charge in [-0.2, -0.15) is 5.10 Å². The number of aryl methyl sites for hydroxylation is 2. The zero-order chi connectivity index (χ0) is 12.6. The number of Topliss-reactive ketones (excluding diaryl/α,β-unsaturated/α-hetero) is 1. The first-order valence-corrected chi connectivity index (χ1v) is 5.30. The highest BCUT2D eigenvalue weighted by molar-refractivity contribution is 5.99. The minimum Gasteiger partial charge on any atom is -0.398 e. The predicted octanol–water partition coefficient (Wildman–Crippen LogP) is 1.67. The molecule has 2 N–H and O–H groups in total. The zero-order valence-corrected chi connectivity index (χ0v) is 10.1. The quantitative estimate of drug-likeness (QED) is 0.629. The van der Waals surface area contributed by atoms with E-state index in [1.807, 2.05) is 19.9 Å². The van der Waals surface area contributed by atoms with E-state index in [1.54, 1.807) is 16.8 Å². The van der Waals surface area contributed by atoms with Crippen molar-refractivity contribution in [1.29, 1.82) is 0 Å². The van der Waals surface area contributed by atoms with E-state index >= 15 is 0 Å². The van der Waals surface area contributed by atoms with Gasteiger partial charge in [0.25, 0.3) is 0 Å². The molecule has 1 aromatic heterocycles. The Labute approximate surface area is 99.3 Å². The number of rotatable bonds is 2. The molecule has 0 fully saturated rings. The van der Waals surface area contributed by atoms with Gasteiger partial charge in [-0.15, -0.1) is 0 Å². The third-order valence-electron chi connectivity index (χ3n) is 2.54. The summed E-state index contributed by atoms with van der Waals surface area (Å²) in [4.78, 5) is 15.6. The Morgan fingerprint density at radius 1 is 1.35 bits per heavy atom. The molecule has 1 heterocycles. The summed E-state index contributed by atoms with van der Waals surface area (Å²) in [6.07, 6.45) is 0. The maximum Gasteiger partial charge on any atom is 0.161 e. The van der Waals surface area contributed by atoms with Crippen LogP contribution in [0.4, 0.5) is 5.69 Å². The Morgan fingerprint density at radius 3 is 2.59 bits per heavy atom. The number of carbonyl (C=O) groups is 1. The number of nitrogen functional groups attached to an aromatic ring is 1. The Hall–Kier alpha value is -2.17. The largest absolute Gasteiger partial charge is 0.398 e. The van der Waals surface area contributed by atoms with E-state index in [0.717, 1.165) is 11.5 Å². The maximum absolute atomic E-state index is 11.4. The van der Waals surface area contributed by atoms with Crippen LogP contribution in [0.2, 0.25) is 0 Å². The third-order valence-corrected chi connectivity index (χ3v) is 2.54. The van der Waals surface area contributed by atoms with E-state index in [2.05, 4.69) is 10.1 Å². The molecule has 5 nitrogen and oxygen atoms in total. The number of hydrogen-bond donors (Lipinski definition) is 1. The van der Waals surface area contributed by atoms with Crippen molar-refractivity contribution >= 4 is 11.5 Å². The van der Waals surface area contributed by atoms with Crippen LogP contribution in [0.15, 0.2) is 18.2 Å². The highest BCUT2D eigenvalue weighted by atomic mass is 16.1. The predicted molar refractivity (Wildman–Crippen MR) is 65.2 cm³/mol. The molecule has 0 radical (unpaired) electrons. The van der Waals surface area contributed by atoms with Crippen molar-refractivity contribution in [2.45, 2.75) is 20.8 Å². The van der Waals surface area contributed by atoms with Gasteiger partial charge in [0.05, 0.1) is 5.69 Å². The highest BCUT2D eigenvalue weighted by Crippen LogP contribution is 2.18. The molecule has 5 heteroatoms. The molecule has 0 atom stereocenters. The highest BCUT2D eigenvalue weighted by Gasteiger charge is 2.09. The summed E-state index contributed by atoms with van der Waals surface area (Å²) >= 11 is 0. The van der Waals surface area contributed by atoms with Crippen LogP contribution in [-0.4, -0.2) is 20.5 Å². The first kappa shape index (κ1) is 11.3. The smallest absolute Gasteiger partial charge is 0.161 e. The SMILES string of the molecule is CC(=O)c1cc(-n2nc(C)nc2C)ccc1N. The van der Waals surface area contributed by atoms with E-state index in [1.165, 1.54) is 6.92 Å². The maximum atomic E-state index is 11.4. The van der Waals surface area contributed by atoms with Crippen LogP contribution in [-0.2, 0) is 0 Å². The van der Waals surface area contributed by atoms with Crippen LogP contribution >= 0.6 is 0 Å². The average Bonchev–Trinajstić information content (AvgIpc) is 2.58. The molecule has 2 rings (SSSR count). The molecule has 88 valence electrons. The third kappa shape index (κ3) is 2.04. The number of nitrogens with two attached hydrogens (primary N) is 1. The number of benzene rings is 1. The first-order chi connectivity index (χ1) is 7.99. The van der Waals surface area contributed by atoms with Gasteiger partial charge < -0.3 is 5.73 Å². The number of hydrogen-bond acceptors (Lipinski definition) is 4. The van der Waals surface area contributed by atoms with Gasteiger partial charge in [-0.3, -0.25) is 4.79 Å². The van der Waals surface area contributed by atoms with Gasteiger partial charge in [-0.1, -0.05) is 0 Å². The van der Waals surface area contributed by atoms with E-state index in [4.69, 9.17) is 5.73 Å². The lowest BCUT2D eigenvalue weighted by Crippen LogP contribution is -2.04. The van der Waals surface area contributed by atoms with E-state index in [0.29, 0.717) is 17.1 Å². The average molecular weight is 230 g/mol. The summed E-state index contributed by atoms with van der Waals surface area (Å²) in [5, 5.41) is 4.26. The van der Waals surface area contributed by atoms with Crippen molar-refractivity contribution in [1.82, 2.24) is 14.8 Å². The van der Waals surface area contributed by atoms with Crippen molar-refractivity contribution in [3.05, 3.63) is 35.4 Å². The first-order valence-electron chi connectivity index (χ1n) is 5.30. The van der Waals surface area contributed by atoms with Crippen LogP contribution in [0.25, 0.3) is 5.69 Å². The van der Waals surface area contributed by atoms with Crippen molar-refractivity contribution in [2.24, 2.45) is 0 Å². The number of anilines is 1. The Balaban J connectivity index is 2.57. The molecule has 17 heavy (non-hydrogen) atoms. The molecule has 1 aromatic carbocycles. The van der Waals surface area contributed by atoms with Crippen LogP contribution < -0.4 is 5.73 Å². The number of carbonyl (C=O) groups excluding carboxylic acids is 1. The van der Waals surface area contributed by atoms with Crippen molar-refractivity contribution in [2.75, 3.05) is 5.73 Å². The van der Waals surface area contributed by atoms with Crippen molar-refractivity contribution in [3.8, 4) is 5.69 Å². The molecule has 0 aliphatic rings. The summed E-state index contributed by atoms with van der Waals surface area (Å²) < 4.78 is 1.70. The summed E-state index contributed by atoms with van der Waals surface area (Å²) in [5.74, 6) is 1.42. The van der Waals surface area contributed by atoms with Crippen LogP contribution in [0, 0.1) is 13.8 Å². The van der Waals surface area contributed by atoms with Crippen LogP contribution in [0.3, 0.4) is 0 Å². The molecule has 0 bridgehead atoms. The topological polar surface area (TPSA) is 73.8 Å². The van der Waals surface area contributed by atoms with Gasteiger partial charge in [0.2, 0.25) is 0 Å². The van der Waals surface area contributed by atoms with Gasteiger partial charge in [0, 0.05) is 11.3 Å². The summed E-state index contributed by atoms with van der Waals surface area (Å²) in [7, 11) is 0. The van der Waals surface area contributed by atoms with Gasteiger partial charge in [-0.25, -0.2) is 9.67 Å². The van der Waals surface area contributed by atoms with Gasteiger partial charge in [-0.05, 0) is 39.0 Å². The monoisotopic (exact) mass is 230 g/mol. The molecular formula is C12H14N4O. The molecule has 0 saturated carbocycles. The number of nitrogens with zero attached hydrogens (tertiary/aromatic N) is 3. The lowest BCUT2D eigenvalue weighted by molar-refractivity contribution is 0.101. The zero-order valence-electron chi connectivity index (χ0n) is 10.1. The molecule has 0 spiro atoms. The Morgan fingerprint density at radius 2 is 2.06 bits per heavy atom. The lowest BCUT2D eigenvalue weighted by atomic mass is 10.1. The fourth-order valence-corrected chi connectivity index (χ4v) is 1.75. The fraction of sp³-hybridized carbons (Fsp3) is 0.250. The Kier molecular flexibility index (Phi) is 2.67. The molecule has 0 saturated heterocycles. The molecular weight excluding hydrogens is 216 g/mol. The van der Waals surface area contributed by atoms with Gasteiger partial charge >= 0.3 is 0 Å². The van der Waals surface area contributed by atoms with E-state index in [9.17, 15) is 4.79 Å². The Bertz CT molecular complexity index is 586. The minimum atomic E-state index is -0.0566. The molecule has 2 aromatic rings. The van der Waals surface area contributed by atoms with Crippen LogP contribution in [0.5, 0.6) is 0 Å². The summed E-state index contributed by atoms with van der Waals surface area (Å²) in [6.45, 7) is 5.19. The van der Waals surface area contributed by atoms with Crippen LogP contribution in [0.1, 0.15) is 28.9 Å². The summed E-state index contributed by atoms with van der Waals surface area (Å²) in [5.41, 5.74) is 7.53. The normalized spacial score (nSPS) is 10.5. The molecule has 0 amide bonds. The number of ketones is 1. The standard InChI is InChI=1S/C12H14N4O/c1-7(17)11-6-10(4-5-12(11)13)16-9(3)14-8(2)15-16/h4-6H,13H2,1-3H3. The van der Waals surface area contributed by atoms with Crippen molar-refractivity contribution in [3.63, 3.8) is 0 Å². The van der Waals surface area contributed by atoms with Gasteiger partial charge in [0.15, 0.2) is 5.78 Å². The fourth-order valence-electron chi connectivity index (χ4n) is 1.75. The molecule has 0 aliphatic carbocycles. The molecule has 0 aliphatic heterocycles. The van der Waals surface area contributed by atoms with E-state index in [-0.39, 0.29) is 5.78 Å².